The van der Waals surface area contributed by atoms with Crippen LogP contribution in [0.15, 0.2) is 24.3 Å². The van der Waals surface area contributed by atoms with Gasteiger partial charge < -0.3 is 5.11 Å². The Morgan fingerprint density at radius 1 is 1.50 bits per heavy atom. The zero-order chi connectivity index (χ0) is 10.6. The molecular formula is C10H8BrNO2. The number of benzene rings is 1. The summed E-state index contributed by atoms with van der Waals surface area (Å²) in [6, 6.07) is 8.88. The molecule has 1 atom stereocenters. The van der Waals surface area contributed by atoms with E-state index in [4.69, 9.17) is 10.4 Å². The summed E-state index contributed by atoms with van der Waals surface area (Å²) in [4.78, 5) is 9.95. The molecule has 4 heteroatoms. The quantitative estimate of drug-likeness (QED) is 0.838. The van der Waals surface area contributed by atoms with Gasteiger partial charge in [-0.2, -0.15) is 5.26 Å². The first kappa shape index (κ1) is 10.7. The maximum atomic E-state index is 10.5. The van der Waals surface area contributed by atoms with Gasteiger partial charge in [-0.15, -0.1) is 0 Å². The van der Waals surface area contributed by atoms with Crippen LogP contribution in [0, 0.1) is 11.3 Å². The highest BCUT2D eigenvalue weighted by Gasteiger charge is 2.13. The van der Waals surface area contributed by atoms with Gasteiger partial charge in [-0.3, -0.25) is 4.79 Å². The minimum absolute atomic E-state index is 0.418. The highest BCUT2D eigenvalue weighted by molar-refractivity contribution is 9.10. The van der Waals surface area contributed by atoms with Crippen LogP contribution in [0.2, 0.25) is 0 Å². The zero-order valence-corrected chi connectivity index (χ0v) is 8.86. The van der Waals surface area contributed by atoms with Gasteiger partial charge in [0.15, 0.2) is 0 Å². The van der Waals surface area contributed by atoms with Crippen molar-refractivity contribution in [1.29, 1.82) is 5.26 Å². The van der Waals surface area contributed by atoms with E-state index in [1.807, 2.05) is 6.07 Å². The predicted molar refractivity (Wildman–Crippen MR) is 55.2 cm³/mol. The molecule has 0 amide bonds. The lowest BCUT2D eigenvalue weighted by Crippen LogP contribution is -2.15. The maximum absolute atomic E-state index is 10.5. The summed E-state index contributed by atoms with van der Waals surface area (Å²) >= 11 is 3.05. The second-order valence-electron chi connectivity index (χ2n) is 2.82. The van der Waals surface area contributed by atoms with Gasteiger partial charge in [0.05, 0.1) is 11.6 Å². The van der Waals surface area contributed by atoms with E-state index in [0.717, 1.165) is 5.56 Å². The molecule has 0 saturated carbocycles. The zero-order valence-electron chi connectivity index (χ0n) is 7.27. The summed E-state index contributed by atoms with van der Waals surface area (Å²) in [5, 5.41) is 17.2. The van der Waals surface area contributed by atoms with E-state index in [1.165, 1.54) is 0 Å². The molecule has 72 valence electrons. The Kier molecular flexibility index (Phi) is 3.66. The van der Waals surface area contributed by atoms with Crippen LogP contribution >= 0.6 is 15.9 Å². The molecule has 0 aliphatic heterocycles. The molecule has 0 heterocycles. The Bertz CT molecular complexity index is 367. The minimum Gasteiger partial charge on any atom is -0.480 e. The van der Waals surface area contributed by atoms with Crippen molar-refractivity contribution < 1.29 is 9.90 Å². The van der Waals surface area contributed by atoms with E-state index < -0.39 is 10.8 Å². The van der Waals surface area contributed by atoms with Gasteiger partial charge in [-0.25, -0.2) is 0 Å². The van der Waals surface area contributed by atoms with Crippen LogP contribution in [-0.2, 0) is 11.2 Å². The molecule has 0 aromatic heterocycles. The molecule has 1 aromatic carbocycles. The third-order valence-corrected chi connectivity index (χ3v) is 2.48. The number of hydrogen-bond acceptors (Lipinski definition) is 2. The van der Waals surface area contributed by atoms with Crippen molar-refractivity contribution in [1.82, 2.24) is 0 Å². The number of nitriles is 1. The Balaban J connectivity index is 2.70. The Labute approximate surface area is 90.1 Å². The fraction of sp³-hybridized carbons (Fsp3) is 0.200. The summed E-state index contributed by atoms with van der Waals surface area (Å²) in [6.07, 6.45) is 0.418. The molecule has 0 fully saturated rings. The third-order valence-electron chi connectivity index (χ3n) is 1.77. The number of carboxylic acids is 1. The highest BCUT2D eigenvalue weighted by atomic mass is 79.9. The Morgan fingerprint density at radius 3 is 2.50 bits per heavy atom. The molecular weight excluding hydrogens is 246 g/mol. The molecule has 0 bridgehead atoms. The van der Waals surface area contributed by atoms with Crippen LogP contribution in [0.4, 0.5) is 0 Å². The van der Waals surface area contributed by atoms with Crippen LogP contribution in [0.1, 0.15) is 11.1 Å². The first-order chi connectivity index (χ1) is 6.63. The van der Waals surface area contributed by atoms with Gasteiger partial charge in [-0.05, 0) is 24.1 Å². The van der Waals surface area contributed by atoms with E-state index in [9.17, 15) is 4.79 Å². The van der Waals surface area contributed by atoms with Crippen molar-refractivity contribution in [2.24, 2.45) is 0 Å². The molecule has 0 radical (unpaired) electrons. The molecule has 1 rings (SSSR count). The maximum Gasteiger partial charge on any atom is 0.317 e. The molecule has 1 unspecified atom stereocenters. The van der Waals surface area contributed by atoms with Crippen LogP contribution in [0.3, 0.4) is 0 Å². The van der Waals surface area contributed by atoms with E-state index in [0.29, 0.717) is 12.0 Å². The second-order valence-corrected chi connectivity index (χ2v) is 3.92. The topological polar surface area (TPSA) is 61.1 Å². The molecule has 1 N–H and O–H groups in total. The van der Waals surface area contributed by atoms with E-state index in [-0.39, 0.29) is 0 Å². The highest BCUT2D eigenvalue weighted by Crippen LogP contribution is 2.11. The number of halogens is 1. The summed E-state index contributed by atoms with van der Waals surface area (Å²) in [5.41, 5.74) is 1.48. The number of alkyl halides is 1. The van der Waals surface area contributed by atoms with E-state index in [1.54, 1.807) is 24.3 Å². The monoisotopic (exact) mass is 253 g/mol. The van der Waals surface area contributed by atoms with Crippen LogP contribution < -0.4 is 0 Å². The number of carbonyl (C=O) groups is 1. The van der Waals surface area contributed by atoms with Crippen LogP contribution in [0.5, 0.6) is 0 Å². The van der Waals surface area contributed by atoms with E-state index in [2.05, 4.69) is 15.9 Å². The summed E-state index contributed by atoms with van der Waals surface area (Å²) < 4.78 is 0. The fourth-order valence-corrected chi connectivity index (χ4v) is 1.38. The van der Waals surface area contributed by atoms with Crippen molar-refractivity contribution in [3.8, 4) is 6.07 Å². The summed E-state index contributed by atoms with van der Waals surface area (Å²) in [6.45, 7) is 0. The first-order valence-corrected chi connectivity index (χ1v) is 4.91. The first-order valence-electron chi connectivity index (χ1n) is 3.99. The van der Waals surface area contributed by atoms with Crippen LogP contribution in [0.25, 0.3) is 0 Å². The largest absolute Gasteiger partial charge is 0.480 e. The Hall–Kier alpha value is -1.34. The lowest BCUT2D eigenvalue weighted by molar-refractivity contribution is -0.136. The van der Waals surface area contributed by atoms with Crippen molar-refractivity contribution in [2.75, 3.05) is 0 Å². The van der Waals surface area contributed by atoms with Crippen molar-refractivity contribution >= 4 is 21.9 Å². The molecule has 1 aromatic rings. The van der Waals surface area contributed by atoms with Gasteiger partial charge >= 0.3 is 5.97 Å². The number of carboxylic acid groups (broad SMARTS) is 1. The summed E-state index contributed by atoms with van der Waals surface area (Å²) in [7, 11) is 0. The predicted octanol–water partition coefficient (Wildman–Crippen LogP) is 1.95. The van der Waals surface area contributed by atoms with Gasteiger partial charge in [0, 0.05) is 0 Å². The third kappa shape index (κ3) is 2.86. The van der Waals surface area contributed by atoms with Crippen LogP contribution in [-0.4, -0.2) is 15.9 Å². The number of aliphatic carboxylic acids is 1. The number of nitrogens with zero attached hydrogens (tertiary/aromatic N) is 1. The smallest absolute Gasteiger partial charge is 0.317 e. The van der Waals surface area contributed by atoms with Crippen molar-refractivity contribution in [3.05, 3.63) is 35.4 Å². The normalized spacial score (nSPS) is 11.7. The van der Waals surface area contributed by atoms with Crippen molar-refractivity contribution in [3.63, 3.8) is 0 Å². The van der Waals surface area contributed by atoms with Gasteiger partial charge in [0.2, 0.25) is 0 Å². The van der Waals surface area contributed by atoms with E-state index >= 15 is 0 Å². The molecule has 0 saturated heterocycles. The average molecular weight is 254 g/mol. The molecule has 0 aliphatic rings. The summed E-state index contributed by atoms with van der Waals surface area (Å²) in [5.74, 6) is -0.880. The van der Waals surface area contributed by atoms with Gasteiger partial charge in [0.1, 0.15) is 4.83 Å². The van der Waals surface area contributed by atoms with Gasteiger partial charge in [0.25, 0.3) is 0 Å². The average Bonchev–Trinajstić information content (AvgIpc) is 2.19. The Morgan fingerprint density at radius 2 is 2.07 bits per heavy atom. The minimum atomic E-state index is -0.880. The number of hydrogen-bond donors (Lipinski definition) is 1. The molecule has 3 nitrogen and oxygen atoms in total. The second kappa shape index (κ2) is 4.77. The lowest BCUT2D eigenvalue weighted by Gasteiger charge is -2.03. The van der Waals surface area contributed by atoms with Gasteiger partial charge in [-0.1, -0.05) is 28.1 Å². The number of rotatable bonds is 3. The molecule has 14 heavy (non-hydrogen) atoms. The SMILES string of the molecule is N#Cc1ccc(CC(Br)C(=O)O)cc1. The molecule has 0 spiro atoms. The lowest BCUT2D eigenvalue weighted by atomic mass is 10.1. The molecule has 0 aliphatic carbocycles. The van der Waals surface area contributed by atoms with Crippen molar-refractivity contribution in [2.45, 2.75) is 11.2 Å². The standard InChI is InChI=1S/C10H8BrNO2/c11-9(10(13)14)5-7-1-3-8(6-12)4-2-7/h1-4,9H,5H2,(H,13,14). The fourth-order valence-electron chi connectivity index (χ4n) is 1.01.